The van der Waals surface area contributed by atoms with E-state index in [0.717, 1.165) is 0 Å². The number of carbonyl (C=O) groups excluding carboxylic acids is 1. The number of anilines is 1. The molecule has 5 nitrogen and oxygen atoms in total. The molecule has 0 saturated heterocycles. The van der Waals surface area contributed by atoms with Crippen LogP contribution in [-0.2, 0) is 0 Å². The lowest BCUT2D eigenvalue weighted by Gasteiger charge is -2.08. The second-order valence-electron chi connectivity index (χ2n) is 5.63. The Morgan fingerprint density at radius 1 is 1.07 bits per heavy atom. The Bertz CT molecular complexity index is 1110. The molecule has 2 aromatic carbocycles. The van der Waals surface area contributed by atoms with Gasteiger partial charge in [-0.2, -0.15) is 5.26 Å². The molecule has 27 heavy (non-hydrogen) atoms. The summed E-state index contributed by atoms with van der Waals surface area (Å²) in [7, 11) is 0. The smallest absolute Gasteiger partial charge is 0.266 e. The van der Waals surface area contributed by atoms with Gasteiger partial charge in [-0.1, -0.05) is 36.4 Å². The van der Waals surface area contributed by atoms with Crippen LogP contribution in [0.3, 0.4) is 0 Å². The molecule has 0 aliphatic carbocycles. The lowest BCUT2D eigenvalue weighted by molar-refractivity contribution is 0.102. The van der Waals surface area contributed by atoms with Gasteiger partial charge in [-0.25, -0.2) is 4.39 Å². The summed E-state index contributed by atoms with van der Waals surface area (Å²) in [4.78, 5) is 27.1. The van der Waals surface area contributed by atoms with Gasteiger partial charge in [0.05, 0.1) is 11.3 Å². The van der Waals surface area contributed by atoms with Crippen molar-refractivity contribution in [1.29, 1.82) is 5.26 Å². The third kappa shape index (κ3) is 4.17. The summed E-state index contributed by atoms with van der Waals surface area (Å²) in [6.07, 6.45) is 2.88. The van der Waals surface area contributed by atoms with Crippen molar-refractivity contribution in [2.24, 2.45) is 0 Å². The van der Waals surface area contributed by atoms with Crippen LogP contribution in [0.2, 0.25) is 0 Å². The number of benzene rings is 2. The van der Waals surface area contributed by atoms with E-state index in [0.29, 0.717) is 11.3 Å². The minimum Gasteiger partial charge on any atom is -0.322 e. The van der Waals surface area contributed by atoms with Crippen LogP contribution in [-0.4, -0.2) is 10.9 Å². The Hall–Kier alpha value is -3.98. The lowest BCUT2D eigenvalue weighted by Crippen LogP contribution is -2.20. The molecule has 1 aromatic heterocycles. The number of aromatic nitrogens is 1. The van der Waals surface area contributed by atoms with Gasteiger partial charge in [0.15, 0.2) is 0 Å². The third-order valence-corrected chi connectivity index (χ3v) is 3.80. The number of para-hydroxylation sites is 1. The summed E-state index contributed by atoms with van der Waals surface area (Å²) in [6.45, 7) is 0. The van der Waals surface area contributed by atoms with Gasteiger partial charge < -0.3 is 10.3 Å². The van der Waals surface area contributed by atoms with Crippen molar-refractivity contribution in [2.75, 3.05) is 5.32 Å². The number of nitriles is 1. The quantitative estimate of drug-likeness (QED) is 0.743. The largest absolute Gasteiger partial charge is 0.322 e. The van der Waals surface area contributed by atoms with Gasteiger partial charge in [0.2, 0.25) is 0 Å². The van der Waals surface area contributed by atoms with Crippen molar-refractivity contribution in [3.63, 3.8) is 0 Å². The second kappa shape index (κ2) is 7.93. The molecule has 2 N–H and O–H groups in total. The monoisotopic (exact) mass is 359 g/mol. The number of aromatic amines is 1. The van der Waals surface area contributed by atoms with Crippen molar-refractivity contribution in [3.8, 4) is 6.07 Å². The van der Waals surface area contributed by atoms with Gasteiger partial charge in [-0.15, -0.1) is 0 Å². The number of rotatable bonds is 4. The normalized spacial score (nSPS) is 10.5. The molecular weight excluding hydrogens is 345 g/mol. The van der Waals surface area contributed by atoms with E-state index in [1.165, 1.54) is 24.3 Å². The second-order valence-corrected chi connectivity index (χ2v) is 5.63. The molecule has 0 saturated carbocycles. The molecule has 0 spiro atoms. The lowest BCUT2D eigenvalue weighted by atomic mass is 10.1. The van der Waals surface area contributed by atoms with Crippen LogP contribution in [0.4, 0.5) is 10.1 Å². The first-order valence-electron chi connectivity index (χ1n) is 8.05. The van der Waals surface area contributed by atoms with Gasteiger partial charge in [-0.3, -0.25) is 9.59 Å². The summed E-state index contributed by atoms with van der Waals surface area (Å²) < 4.78 is 13.8. The van der Waals surface area contributed by atoms with E-state index in [9.17, 15) is 14.0 Å². The first kappa shape index (κ1) is 17.8. The van der Waals surface area contributed by atoms with Crippen molar-refractivity contribution in [3.05, 3.63) is 99.2 Å². The number of H-pyrrole nitrogens is 1. The summed E-state index contributed by atoms with van der Waals surface area (Å²) in [6, 6.07) is 17.9. The van der Waals surface area contributed by atoms with Crippen molar-refractivity contribution >= 4 is 23.7 Å². The van der Waals surface area contributed by atoms with Gasteiger partial charge in [0, 0.05) is 11.3 Å². The summed E-state index contributed by atoms with van der Waals surface area (Å²) in [5.74, 6) is -0.929. The molecule has 0 bridgehead atoms. The highest BCUT2D eigenvalue weighted by molar-refractivity contribution is 6.06. The molecule has 1 amide bonds. The average Bonchev–Trinajstić information content (AvgIpc) is 2.68. The van der Waals surface area contributed by atoms with E-state index >= 15 is 0 Å². The summed E-state index contributed by atoms with van der Waals surface area (Å²) in [5.41, 5.74) is 0.338. The van der Waals surface area contributed by atoms with E-state index in [4.69, 9.17) is 5.26 Å². The zero-order valence-electron chi connectivity index (χ0n) is 14.1. The van der Waals surface area contributed by atoms with E-state index in [2.05, 4.69) is 10.3 Å². The fourth-order valence-corrected chi connectivity index (χ4v) is 2.45. The Morgan fingerprint density at radius 2 is 1.78 bits per heavy atom. The molecule has 0 aliphatic rings. The number of hydrogen-bond donors (Lipinski definition) is 2. The highest BCUT2D eigenvalue weighted by Crippen LogP contribution is 2.15. The Kier molecular flexibility index (Phi) is 5.24. The van der Waals surface area contributed by atoms with Crippen LogP contribution >= 0.6 is 0 Å². The molecule has 0 unspecified atom stereocenters. The predicted molar refractivity (Wildman–Crippen MR) is 102 cm³/mol. The van der Waals surface area contributed by atoms with Crippen LogP contribution in [0.25, 0.3) is 12.2 Å². The molecular formula is C21H14FN3O2. The fraction of sp³-hybridized carbons (Fsp3) is 0. The number of nitrogens with zero attached hydrogens (tertiary/aromatic N) is 1. The summed E-state index contributed by atoms with van der Waals surface area (Å²) in [5, 5.41) is 11.8. The number of amides is 1. The molecule has 0 radical (unpaired) electrons. The minimum atomic E-state index is -0.623. The number of nitrogens with one attached hydrogen (secondary N) is 2. The summed E-state index contributed by atoms with van der Waals surface area (Å²) >= 11 is 0. The van der Waals surface area contributed by atoms with E-state index < -0.39 is 17.3 Å². The van der Waals surface area contributed by atoms with Crippen LogP contribution in [0.15, 0.2) is 65.5 Å². The zero-order valence-corrected chi connectivity index (χ0v) is 14.1. The van der Waals surface area contributed by atoms with Gasteiger partial charge in [-0.05, 0) is 36.4 Å². The predicted octanol–water partition coefficient (Wildman–Crippen LogP) is 3.81. The maximum absolute atomic E-state index is 13.8. The SMILES string of the molecule is N#Cc1cc(C(=O)Nc2ccccc2)c(/C=C/c2ccccc2F)[nH]c1=O. The Morgan fingerprint density at radius 3 is 2.48 bits per heavy atom. The molecule has 3 rings (SSSR count). The van der Waals surface area contributed by atoms with Crippen molar-refractivity contribution < 1.29 is 9.18 Å². The number of carbonyl (C=O) groups is 1. The van der Waals surface area contributed by atoms with Crippen LogP contribution in [0.1, 0.15) is 27.2 Å². The molecule has 132 valence electrons. The molecule has 0 aliphatic heterocycles. The maximum atomic E-state index is 13.8. The third-order valence-electron chi connectivity index (χ3n) is 3.80. The molecule has 0 atom stereocenters. The first-order valence-corrected chi connectivity index (χ1v) is 8.05. The number of halogens is 1. The van der Waals surface area contributed by atoms with Gasteiger partial charge >= 0.3 is 0 Å². The Balaban J connectivity index is 2.01. The van der Waals surface area contributed by atoms with Crippen LogP contribution < -0.4 is 10.9 Å². The van der Waals surface area contributed by atoms with Crippen LogP contribution in [0.5, 0.6) is 0 Å². The van der Waals surface area contributed by atoms with E-state index in [-0.39, 0.29) is 16.8 Å². The first-order chi connectivity index (χ1) is 13.1. The maximum Gasteiger partial charge on any atom is 0.266 e. The molecule has 3 aromatic rings. The minimum absolute atomic E-state index is 0.0996. The molecule has 1 heterocycles. The Labute approximate surface area is 154 Å². The number of pyridine rings is 1. The highest BCUT2D eigenvalue weighted by Gasteiger charge is 2.14. The van der Waals surface area contributed by atoms with Crippen molar-refractivity contribution in [1.82, 2.24) is 4.98 Å². The standard InChI is InChI=1S/C21H14FN3O2/c22-18-9-5-4-6-14(18)10-11-19-17(12-15(13-23)20(26)25-19)21(27)24-16-7-2-1-3-8-16/h1-12H,(H,24,27)(H,25,26)/b11-10+. The fourth-order valence-electron chi connectivity index (χ4n) is 2.45. The molecule has 6 heteroatoms. The van der Waals surface area contributed by atoms with Crippen molar-refractivity contribution in [2.45, 2.75) is 0 Å². The zero-order chi connectivity index (χ0) is 19.2. The average molecular weight is 359 g/mol. The molecule has 0 fully saturated rings. The van der Waals surface area contributed by atoms with Gasteiger partial charge in [0.25, 0.3) is 11.5 Å². The van der Waals surface area contributed by atoms with E-state index in [1.54, 1.807) is 48.5 Å². The topological polar surface area (TPSA) is 85.8 Å². The highest BCUT2D eigenvalue weighted by atomic mass is 19.1. The number of hydrogen-bond acceptors (Lipinski definition) is 3. The van der Waals surface area contributed by atoms with Gasteiger partial charge in [0.1, 0.15) is 17.4 Å². The van der Waals surface area contributed by atoms with E-state index in [1.807, 2.05) is 6.07 Å². The van der Waals surface area contributed by atoms with Crippen LogP contribution in [0, 0.1) is 17.1 Å².